The number of hydrogen-bond donors (Lipinski definition) is 1. The fourth-order valence-electron chi connectivity index (χ4n) is 2.46. The normalized spacial score (nSPS) is 17.6. The van der Waals surface area contributed by atoms with E-state index in [4.69, 9.17) is 15.2 Å². The van der Waals surface area contributed by atoms with Gasteiger partial charge in [-0.2, -0.15) is 5.26 Å². The number of nitriles is 1. The van der Waals surface area contributed by atoms with Crippen LogP contribution in [0.5, 0.6) is 0 Å². The van der Waals surface area contributed by atoms with Crippen molar-refractivity contribution in [1.29, 1.82) is 5.26 Å². The van der Waals surface area contributed by atoms with E-state index in [2.05, 4.69) is 0 Å². The van der Waals surface area contributed by atoms with Crippen LogP contribution in [0.25, 0.3) is 0 Å². The molecule has 1 atom stereocenters. The van der Waals surface area contributed by atoms with E-state index < -0.39 is 23.5 Å². The van der Waals surface area contributed by atoms with Crippen molar-refractivity contribution >= 4 is 5.97 Å². The molecule has 0 radical (unpaired) electrons. The number of carbonyl (C=O) groups excluding carboxylic acids is 1. The van der Waals surface area contributed by atoms with Crippen LogP contribution in [0.2, 0.25) is 0 Å². The molecule has 0 aliphatic carbocycles. The molecule has 0 unspecified atom stereocenters. The van der Waals surface area contributed by atoms with Gasteiger partial charge in [-0.1, -0.05) is 13.0 Å². The number of nitrogens with two attached hydrogens (primary N) is 1. The Bertz CT molecular complexity index is 763. The first-order chi connectivity index (χ1) is 10.9. The van der Waals surface area contributed by atoms with Crippen LogP contribution in [0.4, 0.5) is 8.78 Å². The zero-order chi connectivity index (χ0) is 17.1. The van der Waals surface area contributed by atoms with Crippen molar-refractivity contribution in [3.8, 4) is 6.07 Å². The van der Waals surface area contributed by atoms with Gasteiger partial charge in [0, 0.05) is 18.1 Å². The maximum Gasteiger partial charge on any atom is 0.338 e. The number of ether oxygens (including phenoxy) is 2. The summed E-state index contributed by atoms with van der Waals surface area (Å²) in [4.78, 5) is 12.1. The van der Waals surface area contributed by atoms with Crippen LogP contribution in [0.15, 0.2) is 41.0 Å². The third-order valence-electron chi connectivity index (χ3n) is 3.50. The Morgan fingerprint density at radius 1 is 1.48 bits per heavy atom. The number of carbonyl (C=O) groups is 1. The SMILES string of the molecule is CCC1=C(C(=O)OC)[C@@H](c2ccc(F)cc2F)C(C#N)=C(N)O1. The first kappa shape index (κ1) is 16.5. The van der Waals surface area contributed by atoms with E-state index in [1.807, 2.05) is 6.07 Å². The second-order valence-corrected chi connectivity index (χ2v) is 4.77. The molecule has 1 heterocycles. The zero-order valence-electron chi connectivity index (χ0n) is 12.5. The molecule has 0 bridgehead atoms. The molecule has 1 aliphatic rings. The zero-order valence-corrected chi connectivity index (χ0v) is 12.5. The third-order valence-corrected chi connectivity index (χ3v) is 3.50. The molecular formula is C16H14F2N2O3. The summed E-state index contributed by atoms with van der Waals surface area (Å²) in [5, 5.41) is 9.33. The van der Waals surface area contributed by atoms with E-state index in [-0.39, 0.29) is 34.8 Å². The van der Waals surface area contributed by atoms with Crippen LogP contribution >= 0.6 is 0 Å². The van der Waals surface area contributed by atoms with Crippen molar-refractivity contribution in [2.75, 3.05) is 7.11 Å². The summed E-state index contributed by atoms with van der Waals surface area (Å²) < 4.78 is 37.4. The van der Waals surface area contributed by atoms with Crippen LogP contribution in [-0.4, -0.2) is 13.1 Å². The molecule has 0 saturated heterocycles. The van der Waals surface area contributed by atoms with Crippen LogP contribution in [0.1, 0.15) is 24.8 Å². The Hall–Kier alpha value is -2.88. The molecule has 0 amide bonds. The van der Waals surface area contributed by atoms with Gasteiger partial charge in [0.15, 0.2) is 0 Å². The van der Waals surface area contributed by atoms with Gasteiger partial charge in [-0.15, -0.1) is 0 Å². The van der Waals surface area contributed by atoms with E-state index in [0.717, 1.165) is 13.2 Å². The number of halogens is 2. The molecular weight excluding hydrogens is 306 g/mol. The van der Waals surface area contributed by atoms with Gasteiger partial charge in [-0.3, -0.25) is 0 Å². The first-order valence-corrected chi connectivity index (χ1v) is 6.78. The molecule has 120 valence electrons. The van der Waals surface area contributed by atoms with Gasteiger partial charge in [0.2, 0.25) is 5.88 Å². The molecule has 0 aromatic heterocycles. The number of rotatable bonds is 3. The minimum atomic E-state index is -1.11. The predicted molar refractivity (Wildman–Crippen MR) is 76.3 cm³/mol. The van der Waals surface area contributed by atoms with Gasteiger partial charge in [-0.25, -0.2) is 13.6 Å². The maximum absolute atomic E-state index is 14.2. The van der Waals surface area contributed by atoms with Crippen molar-refractivity contribution in [3.05, 3.63) is 58.2 Å². The fraction of sp³-hybridized carbons (Fsp3) is 0.250. The summed E-state index contributed by atoms with van der Waals surface area (Å²) >= 11 is 0. The number of esters is 1. The highest BCUT2D eigenvalue weighted by atomic mass is 19.1. The maximum atomic E-state index is 14.2. The minimum absolute atomic E-state index is 0.0220. The van der Waals surface area contributed by atoms with E-state index in [0.29, 0.717) is 6.07 Å². The monoisotopic (exact) mass is 320 g/mol. The standard InChI is InChI=1S/C16H14F2N2O3/c1-3-12-14(16(21)22-2)13(10(7-19)15(20)23-12)9-5-4-8(17)6-11(9)18/h4-6,13H,3,20H2,1-2H3/t13-/m0/s1. The highest BCUT2D eigenvalue weighted by molar-refractivity contribution is 5.92. The lowest BCUT2D eigenvalue weighted by Crippen LogP contribution is -2.26. The molecule has 7 heteroatoms. The third kappa shape index (κ3) is 2.88. The highest BCUT2D eigenvalue weighted by Crippen LogP contribution is 2.41. The number of benzene rings is 1. The average Bonchev–Trinajstić information content (AvgIpc) is 2.53. The van der Waals surface area contributed by atoms with Crippen LogP contribution < -0.4 is 5.73 Å². The summed E-state index contributed by atoms with van der Waals surface area (Å²) in [5.41, 5.74) is 5.51. The van der Waals surface area contributed by atoms with Crippen molar-refractivity contribution in [2.45, 2.75) is 19.3 Å². The van der Waals surface area contributed by atoms with Gasteiger partial charge >= 0.3 is 5.97 Å². The second-order valence-electron chi connectivity index (χ2n) is 4.77. The lowest BCUT2D eigenvalue weighted by molar-refractivity contribution is -0.136. The number of allylic oxidation sites excluding steroid dienone is 2. The summed E-state index contributed by atoms with van der Waals surface area (Å²) in [6.07, 6.45) is 0.281. The summed E-state index contributed by atoms with van der Waals surface area (Å²) in [7, 11) is 1.16. The lowest BCUT2D eigenvalue weighted by atomic mass is 9.82. The summed E-state index contributed by atoms with van der Waals surface area (Å²) in [6.45, 7) is 1.71. The highest BCUT2D eigenvalue weighted by Gasteiger charge is 2.38. The minimum Gasteiger partial charge on any atom is -0.466 e. The summed E-state index contributed by atoms with van der Waals surface area (Å²) in [6, 6.07) is 4.71. The number of hydrogen-bond acceptors (Lipinski definition) is 5. The van der Waals surface area contributed by atoms with Gasteiger partial charge in [0.25, 0.3) is 0 Å². The van der Waals surface area contributed by atoms with Crippen molar-refractivity contribution in [1.82, 2.24) is 0 Å². The molecule has 1 aromatic carbocycles. The Morgan fingerprint density at radius 2 is 2.17 bits per heavy atom. The first-order valence-electron chi connectivity index (χ1n) is 6.78. The van der Waals surface area contributed by atoms with Crippen molar-refractivity contribution < 1.29 is 23.0 Å². The Kier molecular flexibility index (Phi) is 4.65. The average molecular weight is 320 g/mol. The smallest absolute Gasteiger partial charge is 0.338 e. The second kappa shape index (κ2) is 6.48. The summed E-state index contributed by atoms with van der Waals surface area (Å²) in [5.74, 6) is -3.58. The molecule has 2 N–H and O–H groups in total. The van der Waals surface area contributed by atoms with E-state index in [9.17, 15) is 18.8 Å². The topological polar surface area (TPSA) is 85.3 Å². The molecule has 1 aliphatic heterocycles. The van der Waals surface area contributed by atoms with Crippen LogP contribution in [0, 0.1) is 23.0 Å². The quantitative estimate of drug-likeness (QED) is 0.865. The lowest BCUT2D eigenvalue weighted by Gasteiger charge is -2.27. The molecule has 1 aromatic rings. The molecule has 0 saturated carbocycles. The molecule has 0 spiro atoms. The van der Waals surface area contributed by atoms with Crippen molar-refractivity contribution in [2.24, 2.45) is 5.73 Å². The van der Waals surface area contributed by atoms with Gasteiger partial charge in [-0.05, 0) is 6.07 Å². The largest absolute Gasteiger partial charge is 0.466 e. The molecule has 2 rings (SSSR count). The van der Waals surface area contributed by atoms with E-state index in [1.54, 1.807) is 6.92 Å². The van der Waals surface area contributed by atoms with Gasteiger partial charge in [0.1, 0.15) is 29.0 Å². The van der Waals surface area contributed by atoms with E-state index >= 15 is 0 Å². The van der Waals surface area contributed by atoms with Gasteiger partial charge < -0.3 is 15.2 Å². The number of nitrogens with zero attached hydrogens (tertiary/aromatic N) is 1. The van der Waals surface area contributed by atoms with E-state index in [1.165, 1.54) is 6.07 Å². The predicted octanol–water partition coefficient (Wildman–Crippen LogP) is 2.61. The number of methoxy groups -OCH3 is 1. The Balaban J connectivity index is 2.74. The van der Waals surface area contributed by atoms with Crippen LogP contribution in [0.3, 0.4) is 0 Å². The van der Waals surface area contributed by atoms with Gasteiger partial charge in [0.05, 0.1) is 18.6 Å². The Labute approximate surface area is 131 Å². The van der Waals surface area contributed by atoms with Crippen molar-refractivity contribution in [3.63, 3.8) is 0 Å². The van der Waals surface area contributed by atoms with Crippen LogP contribution in [-0.2, 0) is 14.3 Å². The fourth-order valence-corrected chi connectivity index (χ4v) is 2.46. The Morgan fingerprint density at radius 3 is 2.70 bits per heavy atom. The molecule has 0 fully saturated rings. The molecule has 23 heavy (non-hydrogen) atoms. The molecule has 5 nitrogen and oxygen atoms in total.